The van der Waals surface area contributed by atoms with Crippen LogP contribution in [0.2, 0.25) is 5.02 Å². The Labute approximate surface area is 123 Å². The van der Waals surface area contributed by atoms with E-state index in [1.54, 1.807) is 0 Å². The van der Waals surface area contributed by atoms with Crippen LogP contribution in [0.1, 0.15) is 26.2 Å². The highest BCUT2D eigenvalue weighted by Gasteiger charge is 2.34. The van der Waals surface area contributed by atoms with Gasteiger partial charge in [-0.05, 0) is 50.9 Å². The number of halogens is 3. The van der Waals surface area contributed by atoms with E-state index in [0.29, 0.717) is 5.69 Å². The number of rotatable bonds is 2. The van der Waals surface area contributed by atoms with Gasteiger partial charge in [0.25, 0.3) is 0 Å². The van der Waals surface area contributed by atoms with Gasteiger partial charge in [-0.2, -0.15) is 0 Å². The number of benzene rings is 1. The SMILES string of the molecule is CC1(C(=O)Nc2ccc(F)c(Cl)c2)CCCCN1.Cl. The second kappa shape index (κ2) is 6.55. The molecule has 1 aromatic rings. The lowest BCUT2D eigenvalue weighted by molar-refractivity contribution is -0.122. The first-order chi connectivity index (χ1) is 8.51. The molecule has 1 aromatic carbocycles. The van der Waals surface area contributed by atoms with E-state index in [1.165, 1.54) is 18.2 Å². The van der Waals surface area contributed by atoms with Crippen LogP contribution in [0, 0.1) is 5.82 Å². The highest BCUT2D eigenvalue weighted by atomic mass is 35.5. The lowest BCUT2D eigenvalue weighted by Gasteiger charge is -2.33. The summed E-state index contributed by atoms with van der Waals surface area (Å²) in [5, 5.41) is 6.00. The van der Waals surface area contributed by atoms with Crippen molar-refractivity contribution in [3.05, 3.63) is 29.0 Å². The number of amides is 1. The van der Waals surface area contributed by atoms with Gasteiger partial charge in [-0.15, -0.1) is 12.4 Å². The number of anilines is 1. The summed E-state index contributed by atoms with van der Waals surface area (Å²) >= 11 is 5.68. The Morgan fingerprint density at radius 1 is 1.47 bits per heavy atom. The Balaban J connectivity index is 0.00000180. The molecule has 0 aromatic heterocycles. The molecule has 1 heterocycles. The summed E-state index contributed by atoms with van der Waals surface area (Å²) in [6.45, 7) is 2.72. The van der Waals surface area contributed by atoms with Gasteiger partial charge in [0.15, 0.2) is 0 Å². The fourth-order valence-corrected chi connectivity index (χ4v) is 2.27. The summed E-state index contributed by atoms with van der Waals surface area (Å²) in [5.74, 6) is -0.596. The van der Waals surface area contributed by atoms with Gasteiger partial charge in [0.05, 0.1) is 10.6 Å². The molecule has 6 heteroatoms. The van der Waals surface area contributed by atoms with Crippen molar-refractivity contribution in [2.24, 2.45) is 0 Å². The Morgan fingerprint density at radius 3 is 2.79 bits per heavy atom. The van der Waals surface area contributed by atoms with Gasteiger partial charge < -0.3 is 10.6 Å². The first-order valence-corrected chi connectivity index (χ1v) is 6.41. The van der Waals surface area contributed by atoms with E-state index in [2.05, 4.69) is 10.6 Å². The molecule has 106 valence electrons. The van der Waals surface area contributed by atoms with Crippen LogP contribution < -0.4 is 10.6 Å². The zero-order valence-corrected chi connectivity index (χ0v) is 12.2. The molecule has 2 N–H and O–H groups in total. The van der Waals surface area contributed by atoms with E-state index >= 15 is 0 Å². The van der Waals surface area contributed by atoms with Crippen LogP contribution in [0.5, 0.6) is 0 Å². The number of nitrogens with one attached hydrogen (secondary N) is 2. The van der Waals surface area contributed by atoms with Crippen molar-refractivity contribution in [2.75, 3.05) is 11.9 Å². The predicted molar refractivity (Wildman–Crippen MR) is 77.5 cm³/mol. The molecule has 2 rings (SSSR count). The summed E-state index contributed by atoms with van der Waals surface area (Å²) in [6, 6.07) is 4.17. The molecule has 3 nitrogen and oxygen atoms in total. The molecule has 1 saturated heterocycles. The molecule has 0 bridgehead atoms. The summed E-state index contributed by atoms with van der Waals surface area (Å²) in [7, 11) is 0. The molecule has 1 fully saturated rings. The molecule has 0 saturated carbocycles. The lowest BCUT2D eigenvalue weighted by Crippen LogP contribution is -2.54. The Morgan fingerprint density at radius 2 is 2.21 bits per heavy atom. The minimum absolute atomic E-state index is 0. The third kappa shape index (κ3) is 3.81. The quantitative estimate of drug-likeness (QED) is 0.879. The van der Waals surface area contributed by atoms with Gasteiger partial charge in [0, 0.05) is 5.69 Å². The Kier molecular flexibility index (Phi) is 5.59. The normalized spacial score (nSPS) is 22.5. The summed E-state index contributed by atoms with van der Waals surface area (Å²) < 4.78 is 13.0. The molecule has 19 heavy (non-hydrogen) atoms. The van der Waals surface area contributed by atoms with Crippen molar-refractivity contribution in [2.45, 2.75) is 31.7 Å². The third-order valence-electron chi connectivity index (χ3n) is 3.30. The van der Waals surface area contributed by atoms with Crippen LogP contribution in [0.15, 0.2) is 18.2 Å². The van der Waals surface area contributed by atoms with Crippen LogP contribution in [0.3, 0.4) is 0 Å². The van der Waals surface area contributed by atoms with Crippen molar-refractivity contribution in [3.8, 4) is 0 Å². The number of hydrogen-bond donors (Lipinski definition) is 2. The molecule has 1 aliphatic rings. The number of carbonyl (C=O) groups is 1. The zero-order valence-electron chi connectivity index (χ0n) is 10.6. The second-order valence-corrected chi connectivity index (χ2v) is 5.21. The fraction of sp³-hybridized carbons (Fsp3) is 0.462. The van der Waals surface area contributed by atoms with Gasteiger partial charge in [0.2, 0.25) is 5.91 Å². The maximum atomic E-state index is 13.0. The van der Waals surface area contributed by atoms with Crippen LogP contribution >= 0.6 is 24.0 Å². The standard InChI is InChI=1S/C13H16ClFN2O.ClH/c1-13(6-2-3-7-16-13)12(18)17-9-4-5-11(15)10(14)8-9;/h4-5,8,16H,2-3,6-7H2,1H3,(H,17,18);1H. The number of carbonyl (C=O) groups excluding carboxylic acids is 1. The molecular weight excluding hydrogens is 290 g/mol. The minimum atomic E-state index is -0.556. The average Bonchev–Trinajstić information content (AvgIpc) is 2.35. The highest BCUT2D eigenvalue weighted by molar-refractivity contribution is 6.31. The van der Waals surface area contributed by atoms with Crippen LogP contribution in [0.25, 0.3) is 0 Å². The van der Waals surface area contributed by atoms with Gasteiger partial charge >= 0.3 is 0 Å². The van der Waals surface area contributed by atoms with E-state index in [9.17, 15) is 9.18 Å². The first kappa shape index (κ1) is 16.2. The monoisotopic (exact) mass is 306 g/mol. The van der Waals surface area contributed by atoms with Crippen LogP contribution in [0.4, 0.5) is 10.1 Å². The number of hydrogen-bond acceptors (Lipinski definition) is 2. The molecule has 0 aliphatic carbocycles. The van der Waals surface area contributed by atoms with Crippen LogP contribution in [-0.2, 0) is 4.79 Å². The smallest absolute Gasteiger partial charge is 0.244 e. The number of piperidine rings is 1. The third-order valence-corrected chi connectivity index (χ3v) is 3.59. The molecule has 1 unspecified atom stereocenters. The predicted octanol–water partition coefficient (Wildman–Crippen LogP) is 3.37. The van der Waals surface area contributed by atoms with Crippen molar-refractivity contribution in [1.82, 2.24) is 5.32 Å². The molecule has 0 radical (unpaired) electrons. The maximum Gasteiger partial charge on any atom is 0.244 e. The van der Waals surface area contributed by atoms with E-state index in [4.69, 9.17) is 11.6 Å². The average molecular weight is 307 g/mol. The van der Waals surface area contributed by atoms with Crippen molar-refractivity contribution >= 4 is 35.6 Å². The van der Waals surface area contributed by atoms with E-state index in [0.717, 1.165) is 25.8 Å². The Hall–Kier alpha value is -0.840. The van der Waals surface area contributed by atoms with E-state index in [1.807, 2.05) is 6.92 Å². The maximum absolute atomic E-state index is 13.0. The largest absolute Gasteiger partial charge is 0.324 e. The first-order valence-electron chi connectivity index (χ1n) is 6.03. The topological polar surface area (TPSA) is 41.1 Å². The summed E-state index contributed by atoms with van der Waals surface area (Å²) in [5.41, 5.74) is -0.0425. The molecule has 0 spiro atoms. The van der Waals surface area contributed by atoms with Gasteiger partial charge in [-0.1, -0.05) is 11.6 Å². The van der Waals surface area contributed by atoms with E-state index in [-0.39, 0.29) is 23.3 Å². The summed E-state index contributed by atoms with van der Waals surface area (Å²) in [4.78, 5) is 12.2. The fourth-order valence-electron chi connectivity index (χ4n) is 2.09. The summed E-state index contributed by atoms with van der Waals surface area (Å²) in [6.07, 6.45) is 2.92. The van der Waals surface area contributed by atoms with E-state index < -0.39 is 11.4 Å². The zero-order chi connectivity index (χ0) is 13.2. The lowest BCUT2D eigenvalue weighted by atomic mass is 9.90. The van der Waals surface area contributed by atoms with Gasteiger partial charge in [-0.25, -0.2) is 4.39 Å². The highest BCUT2D eigenvalue weighted by Crippen LogP contribution is 2.23. The van der Waals surface area contributed by atoms with Gasteiger partial charge in [-0.3, -0.25) is 4.79 Å². The van der Waals surface area contributed by atoms with Crippen LogP contribution in [-0.4, -0.2) is 18.0 Å². The molecule has 1 amide bonds. The molecule has 1 atom stereocenters. The second-order valence-electron chi connectivity index (χ2n) is 4.80. The van der Waals surface area contributed by atoms with Crippen molar-refractivity contribution in [1.29, 1.82) is 0 Å². The van der Waals surface area contributed by atoms with Crippen molar-refractivity contribution in [3.63, 3.8) is 0 Å². The Bertz CT molecular complexity index is 462. The molecule has 1 aliphatic heterocycles. The minimum Gasteiger partial charge on any atom is -0.324 e. The van der Waals surface area contributed by atoms with Gasteiger partial charge in [0.1, 0.15) is 5.82 Å². The van der Waals surface area contributed by atoms with Crippen molar-refractivity contribution < 1.29 is 9.18 Å². The molecular formula is C13H17Cl2FN2O.